The molecule has 0 radical (unpaired) electrons. The van der Waals surface area contributed by atoms with Crippen LogP contribution in [0.3, 0.4) is 0 Å². The third-order valence-electron chi connectivity index (χ3n) is 0.704. The van der Waals surface area contributed by atoms with Gasteiger partial charge in [0.1, 0.15) is 0 Å². The lowest BCUT2D eigenvalue weighted by Gasteiger charge is -1.88. The van der Waals surface area contributed by atoms with Gasteiger partial charge in [0.2, 0.25) is 10.3 Å². The Balaban J connectivity index is 3.57. The van der Waals surface area contributed by atoms with Crippen molar-refractivity contribution in [2.45, 2.75) is 12.8 Å². The molecule has 0 saturated heterocycles. The van der Waals surface area contributed by atoms with Crippen LogP contribution in [0.1, 0.15) is 12.8 Å². The smallest absolute Gasteiger partial charge is 0.301 e. The molecule has 0 saturated carbocycles. The Labute approximate surface area is 58.7 Å². The first-order valence-corrected chi connectivity index (χ1v) is 3.56. The van der Waals surface area contributed by atoms with Gasteiger partial charge in [0.05, 0.1) is 6.42 Å². The highest BCUT2D eigenvalue weighted by molar-refractivity contribution is 7.71. The zero-order valence-corrected chi connectivity index (χ0v) is 5.80. The number of rotatable bonds is 3. The molecule has 0 aromatic rings. The lowest BCUT2D eigenvalue weighted by Crippen LogP contribution is -1.99. The minimum Gasteiger partial charge on any atom is -0.301 e. The zero-order valence-electron chi connectivity index (χ0n) is 4.98. The number of hydrogen-bond acceptors (Lipinski definition) is 5. The fraction of sp³-hybridized carbons (Fsp3) is 0.500. The van der Waals surface area contributed by atoms with E-state index in [4.69, 9.17) is 5.26 Å². The molecule has 0 rings (SSSR count). The van der Waals surface area contributed by atoms with Crippen LogP contribution in [0.5, 0.6) is 0 Å². The minimum atomic E-state index is -2.25. The van der Waals surface area contributed by atoms with Crippen molar-refractivity contribution >= 4 is 21.6 Å². The lowest BCUT2D eigenvalue weighted by molar-refractivity contribution is -0.234. The predicted octanol–water partition coefficient (Wildman–Crippen LogP) is -0.536. The highest BCUT2D eigenvalue weighted by Crippen LogP contribution is 1.86. The maximum atomic E-state index is 10.1. The van der Waals surface area contributed by atoms with Crippen molar-refractivity contribution in [1.82, 2.24) is 0 Å². The molecular formula is C4H6O5S. The second-order valence-electron chi connectivity index (χ2n) is 1.43. The average Bonchev–Trinajstić information content (AvgIpc) is 1.87. The summed E-state index contributed by atoms with van der Waals surface area (Å²) < 4.78 is 19.6. The van der Waals surface area contributed by atoms with Gasteiger partial charge in [-0.15, -0.1) is 0 Å². The highest BCUT2D eigenvalue weighted by atomic mass is 32.2. The zero-order chi connectivity index (χ0) is 7.98. The van der Waals surface area contributed by atoms with E-state index in [2.05, 4.69) is 4.89 Å². The lowest BCUT2D eigenvalue weighted by atomic mass is 10.3. The second-order valence-corrected chi connectivity index (χ2v) is 2.28. The van der Waals surface area contributed by atoms with Crippen LogP contribution < -0.4 is 0 Å². The van der Waals surface area contributed by atoms with E-state index in [-0.39, 0.29) is 12.8 Å². The quantitative estimate of drug-likeness (QED) is 0.346. The first-order chi connectivity index (χ1) is 4.66. The molecule has 0 aromatic heterocycles. The van der Waals surface area contributed by atoms with Gasteiger partial charge in [0.25, 0.3) is 0 Å². The Hall–Kier alpha value is -0.880. The van der Waals surface area contributed by atoms with E-state index in [0.29, 0.717) is 0 Å². The van der Waals surface area contributed by atoms with E-state index in [1.54, 1.807) is 0 Å². The van der Waals surface area contributed by atoms with E-state index in [1.807, 2.05) is 0 Å². The van der Waals surface area contributed by atoms with Crippen LogP contribution in [0.4, 0.5) is 0 Å². The van der Waals surface area contributed by atoms with Crippen LogP contribution >= 0.6 is 0 Å². The molecule has 0 spiro atoms. The summed E-state index contributed by atoms with van der Waals surface area (Å²) in [7, 11) is -2.25. The van der Waals surface area contributed by atoms with Gasteiger partial charge in [-0.25, -0.2) is 4.79 Å². The molecule has 6 heteroatoms. The van der Waals surface area contributed by atoms with Crippen molar-refractivity contribution in [3.8, 4) is 0 Å². The molecule has 58 valence electrons. The van der Waals surface area contributed by atoms with Gasteiger partial charge in [-0.1, -0.05) is 0 Å². The molecule has 0 bridgehead atoms. The molecule has 0 aliphatic carbocycles. The molecule has 0 aliphatic heterocycles. The molecule has 10 heavy (non-hydrogen) atoms. The summed E-state index contributed by atoms with van der Waals surface area (Å²) in [6, 6.07) is 0. The van der Waals surface area contributed by atoms with Crippen molar-refractivity contribution in [3.05, 3.63) is 0 Å². The van der Waals surface area contributed by atoms with Crippen LogP contribution in [0, 0.1) is 0 Å². The van der Waals surface area contributed by atoms with Crippen LogP contribution in [-0.4, -0.2) is 25.0 Å². The maximum Gasteiger partial charge on any atom is 0.342 e. The Kier molecular flexibility index (Phi) is 4.51. The SMILES string of the molecule is O=C(CCC=S(=O)=O)OO. The van der Waals surface area contributed by atoms with Gasteiger partial charge in [-0.3, -0.25) is 0 Å². The van der Waals surface area contributed by atoms with Crippen LogP contribution in [0.2, 0.25) is 0 Å². The fourth-order valence-electron chi connectivity index (χ4n) is 0.319. The molecule has 0 aromatic carbocycles. The maximum absolute atomic E-state index is 10.1. The van der Waals surface area contributed by atoms with Crippen molar-refractivity contribution in [2.24, 2.45) is 0 Å². The molecule has 1 N–H and O–H groups in total. The standard InChI is InChI=1S/C4H6O5S/c5-4(9-6)2-1-3-10(7)8/h3,6H,1-2H2. The molecule has 0 unspecified atom stereocenters. The topological polar surface area (TPSA) is 80.7 Å². The van der Waals surface area contributed by atoms with Crippen LogP contribution in [0.15, 0.2) is 0 Å². The Morgan fingerprint density at radius 1 is 1.60 bits per heavy atom. The predicted molar refractivity (Wildman–Crippen MR) is 32.9 cm³/mol. The number of hydrogen-bond donors (Lipinski definition) is 1. The molecule has 0 heterocycles. The monoisotopic (exact) mass is 166 g/mol. The Morgan fingerprint density at radius 2 is 2.20 bits per heavy atom. The van der Waals surface area contributed by atoms with Crippen LogP contribution in [-0.2, 0) is 20.0 Å². The summed E-state index contributed by atoms with van der Waals surface area (Å²) in [6.07, 6.45) is -0.0833. The first-order valence-electron chi connectivity index (χ1n) is 2.42. The second kappa shape index (κ2) is 4.95. The minimum absolute atomic E-state index is 0.0511. The molecule has 5 nitrogen and oxygen atoms in total. The summed E-state index contributed by atoms with van der Waals surface area (Å²) in [5.74, 6) is -0.846. The van der Waals surface area contributed by atoms with Crippen molar-refractivity contribution < 1.29 is 23.4 Å². The van der Waals surface area contributed by atoms with Gasteiger partial charge in [-0.05, 0) is 6.42 Å². The van der Waals surface area contributed by atoms with Gasteiger partial charge in [0, 0.05) is 5.37 Å². The Morgan fingerprint density at radius 3 is 2.60 bits per heavy atom. The highest BCUT2D eigenvalue weighted by Gasteiger charge is 1.98. The summed E-state index contributed by atoms with van der Waals surface area (Å²) >= 11 is 0. The van der Waals surface area contributed by atoms with E-state index in [1.165, 1.54) is 0 Å². The molecule has 0 atom stereocenters. The van der Waals surface area contributed by atoms with Gasteiger partial charge >= 0.3 is 5.97 Å². The van der Waals surface area contributed by atoms with Crippen LogP contribution in [0.25, 0.3) is 0 Å². The van der Waals surface area contributed by atoms with E-state index in [9.17, 15) is 13.2 Å². The molecule has 0 amide bonds. The van der Waals surface area contributed by atoms with E-state index < -0.39 is 16.3 Å². The third-order valence-corrected chi connectivity index (χ3v) is 1.21. The normalized spacial score (nSPS) is 8.50. The van der Waals surface area contributed by atoms with E-state index in [0.717, 1.165) is 5.37 Å². The van der Waals surface area contributed by atoms with Gasteiger partial charge in [0.15, 0.2) is 0 Å². The third kappa shape index (κ3) is 5.26. The van der Waals surface area contributed by atoms with Gasteiger partial charge in [-0.2, -0.15) is 13.7 Å². The number of carbonyl (C=O) groups is 1. The summed E-state index contributed by atoms with van der Waals surface area (Å²) in [5, 5.41) is 8.60. The fourth-order valence-corrected chi connectivity index (χ4v) is 0.629. The van der Waals surface area contributed by atoms with Crippen molar-refractivity contribution in [1.29, 1.82) is 0 Å². The molecule has 0 aliphatic rings. The molecular weight excluding hydrogens is 160 g/mol. The van der Waals surface area contributed by atoms with Crippen molar-refractivity contribution in [2.75, 3.05) is 0 Å². The van der Waals surface area contributed by atoms with E-state index >= 15 is 0 Å². The van der Waals surface area contributed by atoms with Crippen molar-refractivity contribution in [3.63, 3.8) is 0 Å². The summed E-state index contributed by atoms with van der Waals surface area (Å²) in [5.41, 5.74) is 0. The molecule has 0 fully saturated rings. The Bertz CT molecular complexity index is 218. The largest absolute Gasteiger partial charge is 0.342 e. The number of carbonyl (C=O) groups excluding carboxylic acids is 1. The first kappa shape index (κ1) is 9.12. The average molecular weight is 166 g/mol. The van der Waals surface area contributed by atoms with Gasteiger partial charge < -0.3 is 4.89 Å². The summed E-state index contributed by atoms with van der Waals surface area (Å²) in [6.45, 7) is 0. The summed E-state index contributed by atoms with van der Waals surface area (Å²) in [4.78, 5) is 13.4.